The van der Waals surface area contributed by atoms with Crippen molar-refractivity contribution in [2.75, 3.05) is 18.1 Å². The molecule has 27 heavy (non-hydrogen) atoms. The highest BCUT2D eigenvalue weighted by Gasteiger charge is 2.40. The van der Waals surface area contributed by atoms with Gasteiger partial charge in [0.25, 0.3) is 0 Å². The fourth-order valence-electron chi connectivity index (χ4n) is 4.50. The van der Waals surface area contributed by atoms with E-state index >= 15 is 4.39 Å². The molecule has 0 spiro atoms. The van der Waals surface area contributed by atoms with E-state index in [2.05, 4.69) is 0 Å². The molecule has 7 nitrogen and oxygen atoms in total. The summed E-state index contributed by atoms with van der Waals surface area (Å²) in [5, 5.41) is 9.95. The van der Waals surface area contributed by atoms with Crippen LogP contribution in [0.15, 0.2) is 15.9 Å². The van der Waals surface area contributed by atoms with Crippen LogP contribution in [0.1, 0.15) is 34.6 Å². The second-order valence-corrected chi connectivity index (χ2v) is 8.52. The van der Waals surface area contributed by atoms with Gasteiger partial charge in [0.2, 0.25) is 5.43 Å². The number of halogens is 1. The Morgan fingerprint density at radius 3 is 2.96 bits per heavy atom. The van der Waals surface area contributed by atoms with Gasteiger partial charge in [-0.05, 0) is 19.4 Å². The largest absolute Gasteiger partial charge is 0.477 e. The van der Waals surface area contributed by atoms with Crippen molar-refractivity contribution in [2.24, 2.45) is 5.73 Å². The first kappa shape index (κ1) is 17.0. The molecule has 4 heterocycles. The third-order valence-electron chi connectivity index (χ3n) is 5.75. The molecule has 3 N–H and O–H groups in total. The van der Waals surface area contributed by atoms with Crippen molar-refractivity contribution >= 4 is 34.3 Å². The minimum Gasteiger partial charge on any atom is -0.477 e. The number of fused-ring (bicyclic) bond motifs is 7. The summed E-state index contributed by atoms with van der Waals surface area (Å²) in [6.07, 6.45) is 0.743. The number of pyridine rings is 1. The molecule has 142 valence electrons. The molecule has 9 heteroatoms. The zero-order valence-electron chi connectivity index (χ0n) is 14.6. The summed E-state index contributed by atoms with van der Waals surface area (Å²) in [6, 6.07) is 0.976. The fraction of sp³-hybridized carbons (Fsp3) is 0.444. The molecule has 1 aromatic carbocycles. The first-order valence-corrected chi connectivity index (χ1v) is 9.71. The molecule has 0 aliphatic carbocycles. The SMILES string of the molecule is CC1Sc2c(C(=O)O)c(=O)c3cc(F)c4c(c3n21)COCC1C(N)CCN41. The minimum atomic E-state index is -1.29. The van der Waals surface area contributed by atoms with Crippen LogP contribution in [0.25, 0.3) is 10.9 Å². The number of nitrogens with zero attached hydrogens (tertiary/aromatic N) is 2. The van der Waals surface area contributed by atoms with Crippen molar-refractivity contribution in [3.05, 3.63) is 33.2 Å². The summed E-state index contributed by atoms with van der Waals surface area (Å²) in [6.45, 7) is 3.10. The Bertz CT molecular complexity index is 1070. The first-order chi connectivity index (χ1) is 12.9. The number of carbonyl (C=O) groups is 1. The lowest BCUT2D eigenvalue weighted by atomic mass is 10.0. The summed E-state index contributed by atoms with van der Waals surface area (Å²) >= 11 is 1.33. The third kappa shape index (κ3) is 2.16. The second kappa shape index (κ2) is 5.70. The van der Waals surface area contributed by atoms with E-state index in [9.17, 15) is 14.7 Å². The molecule has 3 unspecified atom stereocenters. The number of benzene rings is 1. The molecule has 3 atom stereocenters. The lowest BCUT2D eigenvalue weighted by molar-refractivity contribution is 0.0689. The number of aromatic carboxylic acids is 1. The summed E-state index contributed by atoms with van der Waals surface area (Å²) in [5.74, 6) is -1.82. The Balaban J connectivity index is 1.89. The van der Waals surface area contributed by atoms with Gasteiger partial charge in [-0.3, -0.25) is 4.79 Å². The van der Waals surface area contributed by atoms with Crippen molar-refractivity contribution in [3.63, 3.8) is 0 Å². The molecule has 3 aliphatic heterocycles. The quantitative estimate of drug-likeness (QED) is 0.766. The third-order valence-corrected chi connectivity index (χ3v) is 6.93. The number of thioether (sulfide) groups is 1. The molecule has 0 radical (unpaired) electrons. The van der Waals surface area contributed by atoms with Gasteiger partial charge < -0.3 is 25.0 Å². The molecule has 0 bridgehead atoms. The van der Waals surface area contributed by atoms with Crippen LogP contribution in [0, 0.1) is 5.82 Å². The summed E-state index contributed by atoms with van der Waals surface area (Å²) < 4.78 is 22.8. The van der Waals surface area contributed by atoms with Gasteiger partial charge in [-0.15, -0.1) is 0 Å². The maximum absolute atomic E-state index is 15.2. The average molecular weight is 391 g/mol. The minimum absolute atomic E-state index is 0.0457. The first-order valence-electron chi connectivity index (χ1n) is 8.83. The molecule has 1 saturated heterocycles. The Labute approximate surface area is 157 Å². The predicted octanol–water partition coefficient (Wildman–Crippen LogP) is 1.90. The Morgan fingerprint density at radius 2 is 2.26 bits per heavy atom. The van der Waals surface area contributed by atoms with Gasteiger partial charge in [-0.25, -0.2) is 9.18 Å². The second-order valence-electron chi connectivity index (χ2n) is 7.21. The van der Waals surface area contributed by atoms with Gasteiger partial charge >= 0.3 is 5.97 Å². The predicted molar refractivity (Wildman–Crippen MR) is 99.1 cm³/mol. The number of carboxylic acids is 1. The van der Waals surface area contributed by atoms with E-state index < -0.39 is 17.2 Å². The van der Waals surface area contributed by atoms with Crippen LogP contribution in [0.5, 0.6) is 0 Å². The van der Waals surface area contributed by atoms with Crippen LogP contribution in [-0.2, 0) is 11.3 Å². The summed E-state index contributed by atoms with van der Waals surface area (Å²) in [7, 11) is 0. The lowest BCUT2D eigenvalue weighted by Gasteiger charge is -2.34. The Kier molecular flexibility index (Phi) is 3.59. The van der Waals surface area contributed by atoms with Crippen LogP contribution in [-0.4, -0.2) is 40.9 Å². The zero-order chi connectivity index (χ0) is 19.0. The van der Waals surface area contributed by atoms with Crippen molar-refractivity contribution in [3.8, 4) is 0 Å². The molecule has 0 saturated carbocycles. The average Bonchev–Trinajstić information content (AvgIpc) is 2.85. The standard InChI is InChI=1S/C18H18FN3O4S/c1-7-22-14-8(16(23)13(18(24)25)17(22)27-7)4-10(19)15-9(14)5-26-6-12-11(20)2-3-21(12)15/h4,7,11-12H,2-3,5-6,20H2,1H3,(H,24,25). The number of anilines is 1. The Morgan fingerprint density at radius 1 is 1.48 bits per heavy atom. The number of hydrogen-bond acceptors (Lipinski definition) is 6. The van der Waals surface area contributed by atoms with Gasteiger partial charge in [0.1, 0.15) is 11.4 Å². The van der Waals surface area contributed by atoms with Crippen molar-refractivity contribution in [1.29, 1.82) is 0 Å². The van der Waals surface area contributed by atoms with Crippen molar-refractivity contribution in [1.82, 2.24) is 4.57 Å². The van der Waals surface area contributed by atoms with Gasteiger partial charge in [0.15, 0.2) is 0 Å². The highest BCUT2D eigenvalue weighted by Crippen LogP contribution is 2.48. The zero-order valence-corrected chi connectivity index (χ0v) is 15.4. The van der Waals surface area contributed by atoms with Crippen LogP contribution < -0.4 is 16.1 Å². The smallest absolute Gasteiger partial charge is 0.342 e. The summed E-state index contributed by atoms with van der Waals surface area (Å²) in [5.41, 5.74) is 6.84. The molecule has 3 aliphatic rings. The molecule has 1 aromatic heterocycles. The molecule has 2 aromatic rings. The maximum atomic E-state index is 15.2. The van der Waals surface area contributed by atoms with Gasteiger partial charge in [0.05, 0.1) is 46.2 Å². The van der Waals surface area contributed by atoms with E-state index in [1.165, 1.54) is 17.8 Å². The van der Waals surface area contributed by atoms with Gasteiger partial charge in [-0.1, -0.05) is 11.8 Å². The number of ether oxygens (including phenoxy) is 1. The normalized spacial score (nSPS) is 26.2. The Hall–Kier alpha value is -2.10. The highest BCUT2D eigenvalue weighted by molar-refractivity contribution is 8.00. The van der Waals surface area contributed by atoms with Crippen LogP contribution >= 0.6 is 11.8 Å². The highest BCUT2D eigenvalue weighted by atomic mass is 32.2. The monoisotopic (exact) mass is 391 g/mol. The van der Waals surface area contributed by atoms with Crippen molar-refractivity contribution < 1.29 is 19.0 Å². The number of hydrogen-bond donors (Lipinski definition) is 2. The summed E-state index contributed by atoms with van der Waals surface area (Å²) in [4.78, 5) is 26.4. The number of aromatic nitrogens is 1. The molecule has 0 amide bonds. The molecule has 1 fully saturated rings. The van der Waals surface area contributed by atoms with E-state index in [1.807, 2.05) is 16.4 Å². The van der Waals surface area contributed by atoms with Gasteiger partial charge in [-0.2, -0.15) is 0 Å². The number of carboxylic acid groups (broad SMARTS) is 1. The molecular formula is C18H18FN3O4S. The van der Waals surface area contributed by atoms with E-state index in [0.717, 1.165) is 6.42 Å². The van der Waals surface area contributed by atoms with E-state index in [1.54, 1.807) is 0 Å². The van der Waals surface area contributed by atoms with Crippen molar-refractivity contribution in [2.45, 2.75) is 42.4 Å². The maximum Gasteiger partial charge on any atom is 0.342 e. The van der Waals surface area contributed by atoms with E-state index in [-0.39, 0.29) is 35.0 Å². The van der Waals surface area contributed by atoms with Crippen LogP contribution in [0.2, 0.25) is 0 Å². The lowest BCUT2D eigenvalue weighted by Crippen LogP contribution is -2.42. The van der Waals surface area contributed by atoms with E-state index in [0.29, 0.717) is 34.9 Å². The van der Waals surface area contributed by atoms with Crippen LogP contribution in [0.4, 0.5) is 10.1 Å². The topological polar surface area (TPSA) is 97.8 Å². The number of nitrogens with two attached hydrogens (primary N) is 1. The number of rotatable bonds is 1. The van der Waals surface area contributed by atoms with Crippen LogP contribution in [0.3, 0.4) is 0 Å². The molecular weight excluding hydrogens is 373 g/mol. The van der Waals surface area contributed by atoms with E-state index in [4.69, 9.17) is 10.5 Å². The van der Waals surface area contributed by atoms with Gasteiger partial charge in [0, 0.05) is 18.2 Å². The fourth-order valence-corrected chi connectivity index (χ4v) is 5.64. The molecule has 5 rings (SSSR count).